The van der Waals surface area contributed by atoms with Gasteiger partial charge in [-0.05, 0) is 12.1 Å². The van der Waals surface area contributed by atoms with Crippen LogP contribution in [-0.4, -0.2) is 49.5 Å². The number of ether oxygens (including phenoxy) is 2. The molecule has 0 bridgehead atoms. The quantitative estimate of drug-likeness (QED) is 0.733. The molecule has 9 nitrogen and oxygen atoms in total. The number of nitrogens with one attached hydrogen (secondary N) is 1. The Hall–Kier alpha value is -3.07. The highest BCUT2D eigenvalue weighted by atomic mass is 16.5. The fraction of sp³-hybridized carbons (Fsp3) is 0.353. The van der Waals surface area contributed by atoms with E-state index in [4.69, 9.17) is 18.4 Å². The van der Waals surface area contributed by atoms with Gasteiger partial charge in [0.15, 0.2) is 11.4 Å². The molecule has 3 aromatic rings. The fourth-order valence-corrected chi connectivity index (χ4v) is 2.71. The van der Waals surface area contributed by atoms with E-state index < -0.39 is 0 Å². The molecule has 0 aliphatic carbocycles. The minimum Gasteiger partial charge on any atom is -0.497 e. The number of aromatic nitrogens is 2. The molecular weight excluding hydrogens is 340 g/mol. The molecule has 26 heavy (non-hydrogen) atoms. The summed E-state index contributed by atoms with van der Waals surface area (Å²) in [5.41, 5.74) is 1.30. The molecule has 0 radical (unpaired) electrons. The second kappa shape index (κ2) is 7.04. The molecule has 1 fully saturated rings. The number of oxazole rings is 1. The van der Waals surface area contributed by atoms with Crippen LogP contribution in [0.4, 0.5) is 5.82 Å². The third-order valence-electron chi connectivity index (χ3n) is 4.10. The number of rotatable bonds is 5. The highest BCUT2D eigenvalue weighted by Crippen LogP contribution is 2.21. The summed E-state index contributed by atoms with van der Waals surface area (Å²) in [5, 5.41) is 6.67. The second-order valence-corrected chi connectivity index (χ2v) is 5.77. The summed E-state index contributed by atoms with van der Waals surface area (Å²) in [6, 6.07) is 6.96. The summed E-state index contributed by atoms with van der Waals surface area (Å²) in [7, 11) is 1.59. The summed E-state index contributed by atoms with van der Waals surface area (Å²) >= 11 is 0. The summed E-state index contributed by atoms with van der Waals surface area (Å²) in [6.45, 7) is 2.86. The zero-order valence-electron chi connectivity index (χ0n) is 14.2. The van der Waals surface area contributed by atoms with Crippen LogP contribution in [0.3, 0.4) is 0 Å². The van der Waals surface area contributed by atoms with Gasteiger partial charge < -0.3 is 28.6 Å². The first-order chi connectivity index (χ1) is 12.7. The smallest absolute Gasteiger partial charge is 0.290 e. The number of carbonyl (C=O) groups excluding carboxylic acids is 1. The molecule has 4 rings (SSSR count). The van der Waals surface area contributed by atoms with Crippen molar-refractivity contribution in [3.8, 4) is 5.75 Å². The van der Waals surface area contributed by atoms with E-state index in [9.17, 15) is 4.79 Å². The van der Waals surface area contributed by atoms with Crippen LogP contribution in [0.5, 0.6) is 5.75 Å². The lowest BCUT2D eigenvalue weighted by Crippen LogP contribution is -2.36. The SMILES string of the molecule is COc1ccc2oc(CNC(=O)c3cc(N4CCOCC4)no3)nc2c1. The zero-order chi connectivity index (χ0) is 17.9. The van der Waals surface area contributed by atoms with Crippen molar-refractivity contribution < 1.29 is 23.2 Å². The van der Waals surface area contributed by atoms with Crippen LogP contribution in [0.15, 0.2) is 33.2 Å². The van der Waals surface area contributed by atoms with Gasteiger partial charge in [0, 0.05) is 25.2 Å². The average molecular weight is 358 g/mol. The molecule has 1 aromatic carbocycles. The number of carbonyl (C=O) groups is 1. The number of hydrogen-bond donors (Lipinski definition) is 1. The molecular formula is C17H18N4O5. The molecule has 3 heterocycles. The van der Waals surface area contributed by atoms with Crippen molar-refractivity contribution in [1.29, 1.82) is 0 Å². The largest absolute Gasteiger partial charge is 0.497 e. The van der Waals surface area contributed by atoms with Gasteiger partial charge in [0.2, 0.25) is 11.7 Å². The predicted molar refractivity (Wildman–Crippen MR) is 91.3 cm³/mol. The lowest BCUT2D eigenvalue weighted by Gasteiger charge is -2.25. The number of nitrogens with zero attached hydrogens (tertiary/aromatic N) is 3. The van der Waals surface area contributed by atoms with Gasteiger partial charge in [-0.1, -0.05) is 5.16 Å². The van der Waals surface area contributed by atoms with E-state index in [-0.39, 0.29) is 18.2 Å². The van der Waals surface area contributed by atoms with Gasteiger partial charge >= 0.3 is 0 Å². The van der Waals surface area contributed by atoms with Gasteiger partial charge in [0.05, 0.1) is 26.9 Å². The first kappa shape index (κ1) is 16.4. The average Bonchev–Trinajstić information content (AvgIpc) is 3.33. The van der Waals surface area contributed by atoms with Crippen LogP contribution < -0.4 is 15.0 Å². The Morgan fingerprint density at radius 1 is 1.31 bits per heavy atom. The van der Waals surface area contributed by atoms with Crippen LogP contribution in [0.2, 0.25) is 0 Å². The van der Waals surface area contributed by atoms with Crippen LogP contribution in [0, 0.1) is 0 Å². The van der Waals surface area contributed by atoms with Gasteiger partial charge in [-0.25, -0.2) is 4.98 Å². The van der Waals surface area contributed by atoms with Crippen molar-refractivity contribution in [2.24, 2.45) is 0 Å². The Balaban J connectivity index is 1.40. The van der Waals surface area contributed by atoms with Gasteiger partial charge in [-0.2, -0.15) is 0 Å². The minimum atomic E-state index is -0.378. The maximum Gasteiger partial charge on any atom is 0.290 e. The van der Waals surface area contributed by atoms with Crippen molar-refractivity contribution in [1.82, 2.24) is 15.5 Å². The molecule has 0 spiro atoms. The third-order valence-corrected chi connectivity index (χ3v) is 4.10. The topological polar surface area (TPSA) is 103 Å². The van der Waals surface area contributed by atoms with Gasteiger partial charge in [-0.15, -0.1) is 0 Å². The number of fused-ring (bicyclic) bond motifs is 1. The zero-order valence-corrected chi connectivity index (χ0v) is 14.2. The minimum absolute atomic E-state index is 0.142. The molecule has 1 aliphatic rings. The maximum atomic E-state index is 12.3. The highest BCUT2D eigenvalue weighted by Gasteiger charge is 2.19. The van der Waals surface area contributed by atoms with Crippen LogP contribution in [0.25, 0.3) is 11.1 Å². The predicted octanol–water partition coefficient (Wildman–Crippen LogP) is 1.59. The molecule has 0 atom stereocenters. The van der Waals surface area contributed by atoms with E-state index in [1.807, 2.05) is 4.90 Å². The number of methoxy groups -OCH3 is 1. The van der Waals surface area contributed by atoms with Gasteiger partial charge in [0.1, 0.15) is 11.3 Å². The van der Waals surface area contributed by atoms with Crippen molar-refractivity contribution >= 4 is 22.8 Å². The highest BCUT2D eigenvalue weighted by molar-refractivity contribution is 5.92. The molecule has 0 saturated carbocycles. The maximum absolute atomic E-state index is 12.3. The first-order valence-corrected chi connectivity index (χ1v) is 8.24. The van der Waals surface area contributed by atoms with E-state index in [0.29, 0.717) is 41.8 Å². The van der Waals surface area contributed by atoms with Crippen molar-refractivity contribution in [2.75, 3.05) is 38.3 Å². The van der Waals surface area contributed by atoms with Crippen LogP contribution in [0.1, 0.15) is 16.4 Å². The lowest BCUT2D eigenvalue weighted by atomic mass is 10.3. The van der Waals surface area contributed by atoms with Crippen LogP contribution >= 0.6 is 0 Å². The van der Waals surface area contributed by atoms with Crippen molar-refractivity contribution in [3.63, 3.8) is 0 Å². The summed E-state index contributed by atoms with van der Waals surface area (Å²) in [6.07, 6.45) is 0. The molecule has 1 N–H and O–H groups in total. The Morgan fingerprint density at radius 2 is 2.15 bits per heavy atom. The number of anilines is 1. The van der Waals surface area contributed by atoms with Crippen molar-refractivity contribution in [3.05, 3.63) is 35.9 Å². The summed E-state index contributed by atoms with van der Waals surface area (Å²) in [4.78, 5) is 18.6. The van der Waals surface area contributed by atoms with E-state index in [2.05, 4.69) is 15.5 Å². The molecule has 1 saturated heterocycles. The second-order valence-electron chi connectivity index (χ2n) is 5.77. The third kappa shape index (κ3) is 3.33. The van der Waals surface area contributed by atoms with E-state index in [0.717, 1.165) is 13.1 Å². The van der Waals surface area contributed by atoms with Crippen molar-refractivity contribution in [2.45, 2.75) is 6.54 Å². The first-order valence-electron chi connectivity index (χ1n) is 8.24. The molecule has 136 valence electrons. The van der Waals surface area contributed by atoms with E-state index >= 15 is 0 Å². The molecule has 1 aliphatic heterocycles. The monoisotopic (exact) mass is 358 g/mol. The number of hydrogen-bond acceptors (Lipinski definition) is 8. The van der Waals surface area contributed by atoms with Gasteiger partial charge in [0.25, 0.3) is 5.91 Å². The van der Waals surface area contributed by atoms with Crippen LogP contribution in [-0.2, 0) is 11.3 Å². The summed E-state index contributed by atoms with van der Waals surface area (Å²) < 4.78 is 21.2. The Kier molecular flexibility index (Phi) is 4.44. The Morgan fingerprint density at radius 3 is 2.96 bits per heavy atom. The lowest BCUT2D eigenvalue weighted by molar-refractivity contribution is 0.0910. The number of benzene rings is 1. The Labute approximate surface area is 148 Å². The normalized spacial score (nSPS) is 14.6. The summed E-state index contributed by atoms with van der Waals surface area (Å²) in [5.74, 6) is 1.49. The van der Waals surface area contributed by atoms with E-state index in [1.165, 1.54) is 0 Å². The molecule has 9 heteroatoms. The standard InChI is InChI=1S/C17H18N4O5/c1-23-11-2-3-13-12(8-11)19-16(25-13)10-18-17(22)14-9-15(20-26-14)21-4-6-24-7-5-21/h2-3,8-9H,4-7,10H2,1H3,(H,18,22). The molecule has 0 unspecified atom stereocenters. The molecule has 2 aromatic heterocycles. The van der Waals surface area contributed by atoms with E-state index in [1.54, 1.807) is 31.4 Å². The Bertz CT molecular complexity index is 913. The number of morpholine rings is 1. The number of amides is 1. The molecule has 1 amide bonds. The van der Waals surface area contributed by atoms with Gasteiger partial charge in [-0.3, -0.25) is 4.79 Å². The fourth-order valence-electron chi connectivity index (χ4n) is 2.71.